The molecule has 104 valence electrons. The normalized spacial score (nSPS) is 10.5. The number of nitrogens with one attached hydrogen (secondary N) is 1. The predicted octanol–water partition coefficient (Wildman–Crippen LogP) is 3.49. The second kappa shape index (κ2) is 5.38. The van der Waals surface area contributed by atoms with Crippen molar-refractivity contribution >= 4 is 17.6 Å². The fraction of sp³-hybridized carbons (Fsp3) is 0. The molecule has 6 heteroatoms. The van der Waals surface area contributed by atoms with Crippen LogP contribution in [0.3, 0.4) is 0 Å². The number of aromatic carboxylic acids is 1. The van der Waals surface area contributed by atoms with Crippen molar-refractivity contribution in [3.63, 3.8) is 0 Å². The van der Waals surface area contributed by atoms with Crippen molar-refractivity contribution in [1.29, 1.82) is 0 Å². The molecule has 1 aromatic carbocycles. The van der Waals surface area contributed by atoms with Gasteiger partial charge in [-0.3, -0.25) is 4.98 Å². The topological polar surface area (TPSA) is 78.9 Å². The van der Waals surface area contributed by atoms with Crippen molar-refractivity contribution in [2.45, 2.75) is 0 Å². The third kappa shape index (κ3) is 2.64. The lowest BCUT2D eigenvalue weighted by molar-refractivity contribution is 0.0692. The quantitative estimate of drug-likeness (QED) is 0.776. The molecule has 3 aromatic rings. The minimum Gasteiger partial charge on any atom is -0.476 e. The van der Waals surface area contributed by atoms with Crippen molar-refractivity contribution in [2.75, 3.05) is 0 Å². The van der Waals surface area contributed by atoms with E-state index < -0.39 is 5.97 Å². The zero-order valence-corrected chi connectivity index (χ0v) is 11.5. The van der Waals surface area contributed by atoms with Gasteiger partial charge in [0.1, 0.15) is 5.82 Å². The Kier molecular flexibility index (Phi) is 3.41. The van der Waals surface area contributed by atoms with Crippen molar-refractivity contribution in [1.82, 2.24) is 15.0 Å². The number of halogens is 1. The van der Waals surface area contributed by atoms with Crippen LogP contribution in [0.1, 0.15) is 10.5 Å². The molecule has 0 aliphatic carbocycles. The molecule has 0 spiro atoms. The van der Waals surface area contributed by atoms with Gasteiger partial charge in [0.05, 0.1) is 5.69 Å². The Morgan fingerprint density at radius 2 is 1.71 bits per heavy atom. The average molecular weight is 300 g/mol. The molecule has 0 fully saturated rings. The second-order valence-corrected chi connectivity index (χ2v) is 4.79. The maximum absolute atomic E-state index is 11.4. The van der Waals surface area contributed by atoms with Crippen molar-refractivity contribution in [3.8, 4) is 22.6 Å². The first kappa shape index (κ1) is 13.3. The van der Waals surface area contributed by atoms with Crippen molar-refractivity contribution < 1.29 is 9.90 Å². The van der Waals surface area contributed by atoms with Crippen LogP contribution in [0.15, 0.2) is 48.8 Å². The number of carbonyl (C=O) groups is 1. The Balaban J connectivity index is 2.13. The maximum Gasteiger partial charge on any atom is 0.356 e. The molecule has 2 N–H and O–H groups in total. The van der Waals surface area contributed by atoms with Gasteiger partial charge in [-0.1, -0.05) is 11.6 Å². The van der Waals surface area contributed by atoms with E-state index >= 15 is 0 Å². The number of pyridine rings is 1. The summed E-state index contributed by atoms with van der Waals surface area (Å²) >= 11 is 5.85. The number of imidazole rings is 1. The molecule has 0 amide bonds. The number of benzene rings is 1. The van der Waals surface area contributed by atoms with Gasteiger partial charge in [-0.15, -0.1) is 0 Å². The van der Waals surface area contributed by atoms with E-state index in [-0.39, 0.29) is 5.69 Å². The molecule has 0 saturated heterocycles. The van der Waals surface area contributed by atoms with Crippen molar-refractivity contribution in [2.24, 2.45) is 0 Å². The monoisotopic (exact) mass is 299 g/mol. The molecule has 0 saturated carbocycles. The Labute approximate surface area is 125 Å². The van der Waals surface area contributed by atoms with E-state index in [4.69, 9.17) is 11.6 Å². The predicted molar refractivity (Wildman–Crippen MR) is 79.2 cm³/mol. The fourth-order valence-electron chi connectivity index (χ4n) is 2.00. The summed E-state index contributed by atoms with van der Waals surface area (Å²) in [6, 6.07) is 10.5. The smallest absolute Gasteiger partial charge is 0.356 e. The van der Waals surface area contributed by atoms with Gasteiger partial charge in [-0.05, 0) is 36.4 Å². The zero-order chi connectivity index (χ0) is 14.8. The second-order valence-electron chi connectivity index (χ2n) is 4.36. The number of aromatic amines is 1. The minimum atomic E-state index is -1.08. The number of carboxylic acids is 1. The van der Waals surface area contributed by atoms with Gasteiger partial charge < -0.3 is 10.1 Å². The highest BCUT2D eigenvalue weighted by molar-refractivity contribution is 6.30. The molecule has 0 aliphatic rings. The average Bonchev–Trinajstić information content (AvgIpc) is 2.94. The lowest BCUT2D eigenvalue weighted by atomic mass is 10.1. The summed E-state index contributed by atoms with van der Waals surface area (Å²) in [6.07, 6.45) is 3.20. The molecule has 0 radical (unpaired) electrons. The van der Waals surface area contributed by atoms with Gasteiger partial charge in [0.15, 0.2) is 5.69 Å². The largest absolute Gasteiger partial charge is 0.476 e. The molecule has 0 unspecified atom stereocenters. The summed E-state index contributed by atoms with van der Waals surface area (Å²) in [4.78, 5) is 22.5. The van der Waals surface area contributed by atoms with Crippen LogP contribution < -0.4 is 0 Å². The summed E-state index contributed by atoms with van der Waals surface area (Å²) in [5, 5.41) is 9.92. The van der Waals surface area contributed by atoms with Gasteiger partial charge in [0, 0.05) is 28.5 Å². The van der Waals surface area contributed by atoms with Crippen molar-refractivity contribution in [3.05, 3.63) is 59.5 Å². The Morgan fingerprint density at radius 1 is 1.05 bits per heavy atom. The Hall–Kier alpha value is -2.66. The number of hydrogen-bond donors (Lipinski definition) is 2. The summed E-state index contributed by atoms with van der Waals surface area (Å²) in [6.45, 7) is 0. The third-order valence-corrected chi connectivity index (χ3v) is 3.25. The van der Waals surface area contributed by atoms with Gasteiger partial charge in [0.2, 0.25) is 0 Å². The van der Waals surface area contributed by atoms with Crippen LogP contribution in [-0.2, 0) is 0 Å². The lowest BCUT2D eigenvalue weighted by Crippen LogP contribution is -1.99. The molecule has 0 aliphatic heterocycles. The number of hydrogen-bond acceptors (Lipinski definition) is 3. The van der Waals surface area contributed by atoms with E-state index in [1.807, 2.05) is 0 Å². The van der Waals surface area contributed by atoms with Gasteiger partial charge in [0.25, 0.3) is 0 Å². The van der Waals surface area contributed by atoms with E-state index in [2.05, 4.69) is 15.0 Å². The van der Waals surface area contributed by atoms with E-state index in [1.165, 1.54) is 0 Å². The Morgan fingerprint density at radius 3 is 2.33 bits per heavy atom. The number of H-pyrrole nitrogens is 1. The van der Waals surface area contributed by atoms with E-state index in [9.17, 15) is 9.90 Å². The maximum atomic E-state index is 11.4. The Bertz CT molecular complexity index is 782. The highest BCUT2D eigenvalue weighted by Crippen LogP contribution is 2.26. The highest BCUT2D eigenvalue weighted by atomic mass is 35.5. The standard InChI is InChI=1S/C15H10ClN3O2/c16-11-3-1-10(2-4-11)14-18-12(13(19-14)15(20)21)9-5-7-17-8-6-9/h1-8H,(H,18,19)(H,20,21). The van der Waals surface area contributed by atoms with Crippen LogP contribution in [0.4, 0.5) is 0 Å². The summed E-state index contributed by atoms with van der Waals surface area (Å²) in [5.41, 5.74) is 1.92. The molecular weight excluding hydrogens is 290 g/mol. The number of nitrogens with zero attached hydrogens (tertiary/aromatic N) is 2. The molecule has 3 rings (SSSR count). The molecule has 2 aromatic heterocycles. The first-order valence-electron chi connectivity index (χ1n) is 6.15. The van der Waals surface area contributed by atoms with E-state index in [0.717, 1.165) is 11.1 Å². The summed E-state index contributed by atoms with van der Waals surface area (Å²) < 4.78 is 0. The zero-order valence-electron chi connectivity index (χ0n) is 10.7. The number of aromatic nitrogens is 3. The first-order valence-corrected chi connectivity index (χ1v) is 6.52. The molecule has 2 heterocycles. The van der Waals surface area contributed by atoms with Crippen LogP contribution in [0, 0.1) is 0 Å². The van der Waals surface area contributed by atoms with Gasteiger partial charge in [-0.25, -0.2) is 9.78 Å². The van der Waals surface area contributed by atoms with E-state index in [1.54, 1.807) is 48.8 Å². The third-order valence-electron chi connectivity index (χ3n) is 2.99. The molecule has 5 nitrogen and oxygen atoms in total. The molecular formula is C15H10ClN3O2. The minimum absolute atomic E-state index is 0.0221. The van der Waals surface area contributed by atoms with Gasteiger partial charge >= 0.3 is 5.97 Å². The van der Waals surface area contributed by atoms with E-state index in [0.29, 0.717) is 16.5 Å². The molecule has 0 atom stereocenters. The van der Waals surface area contributed by atoms with Crippen LogP contribution in [0.25, 0.3) is 22.6 Å². The highest BCUT2D eigenvalue weighted by Gasteiger charge is 2.18. The lowest BCUT2D eigenvalue weighted by Gasteiger charge is -1.98. The van der Waals surface area contributed by atoms with Crippen LogP contribution in [-0.4, -0.2) is 26.0 Å². The van der Waals surface area contributed by atoms with Crippen LogP contribution in [0.5, 0.6) is 0 Å². The first-order chi connectivity index (χ1) is 10.1. The molecule has 0 bridgehead atoms. The number of rotatable bonds is 3. The van der Waals surface area contributed by atoms with Crippen LogP contribution >= 0.6 is 11.6 Å². The summed E-state index contributed by atoms with van der Waals surface area (Å²) in [5.74, 6) is -0.603. The van der Waals surface area contributed by atoms with Crippen LogP contribution in [0.2, 0.25) is 5.02 Å². The summed E-state index contributed by atoms with van der Waals surface area (Å²) in [7, 11) is 0. The molecule has 21 heavy (non-hydrogen) atoms. The SMILES string of the molecule is O=C(O)c1nc(-c2ccc(Cl)cc2)[nH]c1-c1ccncc1. The number of carboxylic acid groups (broad SMARTS) is 1. The fourth-order valence-corrected chi connectivity index (χ4v) is 2.13. The van der Waals surface area contributed by atoms with Gasteiger partial charge in [-0.2, -0.15) is 0 Å².